The molecule has 0 aromatic rings. The molecule has 4 nitrogen and oxygen atoms in total. The van der Waals surface area contributed by atoms with Gasteiger partial charge in [0.05, 0.1) is 18.8 Å². The van der Waals surface area contributed by atoms with Gasteiger partial charge >= 0.3 is 0 Å². The maximum absolute atomic E-state index is 12.5. The number of rotatable bonds is 67. The number of hydrogen-bond acceptors (Lipinski definition) is 3. The highest BCUT2D eigenvalue weighted by Crippen LogP contribution is 2.19. The maximum atomic E-state index is 12.5. The quantitative estimate of drug-likeness (QED) is 0.0420. The van der Waals surface area contributed by atoms with Crippen LogP contribution in [0.15, 0.2) is 48.6 Å². The summed E-state index contributed by atoms with van der Waals surface area (Å²) < 4.78 is 0. The van der Waals surface area contributed by atoms with Crippen LogP contribution in [0.25, 0.3) is 0 Å². The number of aliphatic hydroxyl groups excluding tert-OH is 2. The molecule has 2 atom stereocenters. The molecule has 0 aromatic carbocycles. The van der Waals surface area contributed by atoms with Gasteiger partial charge in [0.1, 0.15) is 0 Å². The van der Waals surface area contributed by atoms with Crippen LogP contribution in [0.3, 0.4) is 0 Å². The van der Waals surface area contributed by atoms with Crippen LogP contribution in [0.1, 0.15) is 399 Å². The Morgan fingerprint density at radius 2 is 0.526 bits per heavy atom. The molecule has 460 valence electrons. The van der Waals surface area contributed by atoms with Crippen LogP contribution < -0.4 is 5.32 Å². The summed E-state index contributed by atoms with van der Waals surface area (Å²) in [5.41, 5.74) is 0. The minimum atomic E-state index is -0.840. The second-order valence-electron chi connectivity index (χ2n) is 24.7. The zero-order valence-electron chi connectivity index (χ0n) is 53.2. The van der Waals surface area contributed by atoms with Gasteiger partial charge in [0.15, 0.2) is 0 Å². The molecule has 0 rings (SSSR count). The average Bonchev–Trinajstić information content (AvgIpc) is 3.44. The first-order valence-electron chi connectivity index (χ1n) is 35.9. The number of unbranched alkanes of at least 4 members (excludes halogenated alkanes) is 54. The average molecular weight is 1090 g/mol. The van der Waals surface area contributed by atoms with Crippen molar-refractivity contribution in [3.05, 3.63) is 48.6 Å². The van der Waals surface area contributed by atoms with E-state index in [1.54, 1.807) is 6.08 Å². The monoisotopic (exact) mass is 1090 g/mol. The molecule has 0 spiro atoms. The van der Waals surface area contributed by atoms with Gasteiger partial charge in [-0.05, 0) is 57.8 Å². The Labute approximate surface area is 490 Å². The van der Waals surface area contributed by atoms with Crippen LogP contribution in [0.2, 0.25) is 0 Å². The summed E-state index contributed by atoms with van der Waals surface area (Å²) in [6.07, 6.45) is 97.8. The Balaban J connectivity index is 3.41. The second kappa shape index (κ2) is 69.6. The van der Waals surface area contributed by atoms with Gasteiger partial charge in [-0.15, -0.1) is 0 Å². The van der Waals surface area contributed by atoms with E-state index < -0.39 is 12.1 Å². The minimum absolute atomic E-state index is 0.0556. The zero-order chi connectivity index (χ0) is 56.2. The topological polar surface area (TPSA) is 69.6 Å². The van der Waals surface area contributed by atoms with Crippen molar-refractivity contribution in [1.29, 1.82) is 0 Å². The first kappa shape index (κ1) is 76.3. The normalized spacial score (nSPS) is 12.9. The molecule has 1 amide bonds. The first-order valence-corrected chi connectivity index (χ1v) is 35.9. The van der Waals surface area contributed by atoms with E-state index in [0.717, 1.165) is 38.5 Å². The third-order valence-corrected chi connectivity index (χ3v) is 16.8. The van der Waals surface area contributed by atoms with E-state index in [0.29, 0.717) is 6.42 Å². The van der Waals surface area contributed by atoms with Gasteiger partial charge in [-0.3, -0.25) is 4.79 Å². The van der Waals surface area contributed by atoms with Crippen LogP contribution in [0.5, 0.6) is 0 Å². The minimum Gasteiger partial charge on any atom is -0.394 e. The Hall–Kier alpha value is -1.65. The van der Waals surface area contributed by atoms with E-state index in [2.05, 4.69) is 55.6 Å². The Bertz CT molecular complexity index is 1240. The van der Waals surface area contributed by atoms with Crippen LogP contribution in [0.4, 0.5) is 0 Å². The van der Waals surface area contributed by atoms with Gasteiger partial charge in [0.25, 0.3) is 0 Å². The van der Waals surface area contributed by atoms with Crippen molar-refractivity contribution in [2.75, 3.05) is 6.61 Å². The molecule has 0 fully saturated rings. The molecule has 3 N–H and O–H groups in total. The fourth-order valence-electron chi connectivity index (χ4n) is 11.4. The van der Waals surface area contributed by atoms with Gasteiger partial charge in [-0.25, -0.2) is 0 Å². The summed E-state index contributed by atoms with van der Waals surface area (Å²) >= 11 is 0. The SMILES string of the molecule is CCCCCCC/C=C\C/C=C\C/C=C\CCCCCCCCCCCCCCCCCCCCCCCCCCC(=O)NC(CO)C(O)/C=C/CCCCCCCCCCCCCCCCCCCCCCCCCCC. The predicted octanol–water partition coefficient (Wildman–Crippen LogP) is 24.5. The Kier molecular flexibility index (Phi) is 68.1. The van der Waals surface area contributed by atoms with E-state index in [4.69, 9.17) is 0 Å². The van der Waals surface area contributed by atoms with Gasteiger partial charge in [-0.1, -0.05) is 383 Å². The van der Waals surface area contributed by atoms with Crippen molar-refractivity contribution in [3.63, 3.8) is 0 Å². The number of amides is 1. The van der Waals surface area contributed by atoms with E-state index >= 15 is 0 Å². The number of allylic oxidation sites excluding steroid dienone is 7. The highest BCUT2D eigenvalue weighted by atomic mass is 16.3. The summed E-state index contributed by atoms with van der Waals surface area (Å²) in [4.78, 5) is 12.5. The number of nitrogens with one attached hydrogen (secondary N) is 1. The summed E-state index contributed by atoms with van der Waals surface area (Å²) in [5.74, 6) is -0.0556. The molecular formula is C74H141NO3. The van der Waals surface area contributed by atoms with Gasteiger partial charge in [-0.2, -0.15) is 0 Å². The number of carbonyl (C=O) groups excluding carboxylic acids is 1. The summed E-state index contributed by atoms with van der Waals surface area (Å²) in [6.45, 7) is 4.34. The van der Waals surface area contributed by atoms with Crippen LogP contribution in [-0.4, -0.2) is 34.9 Å². The highest BCUT2D eigenvalue weighted by molar-refractivity contribution is 5.76. The van der Waals surface area contributed by atoms with Crippen molar-refractivity contribution < 1.29 is 15.0 Å². The number of aliphatic hydroxyl groups is 2. The fourth-order valence-corrected chi connectivity index (χ4v) is 11.4. The van der Waals surface area contributed by atoms with E-state index in [1.165, 1.54) is 340 Å². The summed E-state index contributed by atoms with van der Waals surface area (Å²) in [5, 5.41) is 23.3. The van der Waals surface area contributed by atoms with Crippen LogP contribution in [0, 0.1) is 0 Å². The van der Waals surface area contributed by atoms with Crippen molar-refractivity contribution in [2.24, 2.45) is 0 Å². The lowest BCUT2D eigenvalue weighted by Gasteiger charge is -2.20. The summed E-state index contributed by atoms with van der Waals surface area (Å²) in [6, 6.07) is -0.623. The van der Waals surface area contributed by atoms with Gasteiger partial charge in [0, 0.05) is 6.42 Å². The Morgan fingerprint density at radius 3 is 0.782 bits per heavy atom. The molecule has 0 radical (unpaired) electrons. The fraction of sp³-hybridized carbons (Fsp3) is 0.878. The Morgan fingerprint density at radius 1 is 0.308 bits per heavy atom. The van der Waals surface area contributed by atoms with Gasteiger partial charge in [0.2, 0.25) is 5.91 Å². The molecule has 0 aliphatic rings. The molecule has 0 saturated heterocycles. The highest BCUT2D eigenvalue weighted by Gasteiger charge is 2.18. The van der Waals surface area contributed by atoms with Crippen LogP contribution >= 0.6 is 0 Å². The smallest absolute Gasteiger partial charge is 0.220 e. The van der Waals surface area contributed by atoms with Crippen molar-refractivity contribution >= 4 is 5.91 Å². The number of hydrogen-bond donors (Lipinski definition) is 3. The zero-order valence-corrected chi connectivity index (χ0v) is 53.2. The van der Waals surface area contributed by atoms with Crippen molar-refractivity contribution in [2.45, 2.75) is 411 Å². The molecular weight excluding hydrogens is 951 g/mol. The standard InChI is InChI=1S/C74H141NO3/c1-3-5-7-9-11-13-15-17-19-21-23-25-27-29-31-32-33-34-35-36-37-38-39-40-41-42-44-46-48-50-52-54-56-58-60-62-64-66-68-70-74(78)75-72(71-76)73(77)69-67-65-63-61-59-57-55-53-51-49-47-45-43-30-28-26-24-22-20-18-16-14-12-10-8-6-4-2/h15,17,21,23,27,29,67,69,72-73,76-77H,3-14,16,18-20,22,24-26,28,30-66,68,70-71H2,1-2H3,(H,75,78)/b17-15-,23-21-,29-27-,69-67+. The molecule has 0 aliphatic carbocycles. The van der Waals surface area contributed by atoms with Crippen LogP contribution in [-0.2, 0) is 4.79 Å². The number of carbonyl (C=O) groups is 1. The molecule has 0 saturated carbocycles. The molecule has 0 aliphatic heterocycles. The molecule has 78 heavy (non-hydrogen) atoms. The second-order valence-corrected chi connectivity index (χ2v) is 24.7. The van der Waals surface area contributed by atoms with Gasteiger partial charge < -0.3 is 15.5 Å². The lowest BCUT2D eigenvalue weighted by molar-refractivity contribution is -0.123. The van der Waals surface area contributed by atoms with E-state index in [9.17, 15) is 15.0 Å². The lowest BCUT2D eigenvalue weighted by Crippen LogP contribution is -2.45. The third kappa shape index (κ3) is 65.2. The van der Waals surface area contributed by atoms with Crippen molar-refractivity contribution in [1.82, 2.24) is 5.32 Å². The van der Waals surface area contributed by atoms with Crippen molar-refractivity contribution in [3.8, 4) is 0 Å². The third-order valence-electron chi connectivity index (χ3n) is 16.8. The first-order chi connectivity index (χ1) is 38.7. The van der Waals surface area contributed by atoms with E-state index in [-0.39, 0.29) is 12.5 Å². The maximum Gasteiger partial charge on any atom is 0.220 e. The van der Waals surface area contributed by atoms with E-state index in [1.807, 2.05) is 6.08 Å². The lowest BCUT2D eigenvalue weighted by atomic mass is 10.0. The molecule has 0 heterocycles. The molecule has 0 bridgehead atoms. The largest absolute Gasteiger partial charge is 0.394 e. The molecule has 2 unspecified atom stereocenters. The summed E-state index contributed by atoms with van der Waals surface area (Å²) in [7, 11) is 0. The molecule has 0 aromatic heterocycles. The predicted molar refractivity (Wildman–Crippen MR) is 350 cm³/mol. The molecule has 4 heteroatoms.